The van der Waals surface area contributed by atoms with Crippen molar-refractivity contribution in [1.29, 1.82) is 0 Å². The first-order valence-corrected chi connectivity index (χ1v) is 9.29. The number of halogens is 2. The van der Waals surface area contributed by atoms with Crippen LogP contribution < -0.4 is 10.1 Å². The van der Waals surface area contributed by atoms with Crippen LogP contribution >= 0.6 is 23.2 Å². The Hall–Kier alpha value is -1.80. The predicted molar refractivity (Wildman–Crippen MR) is 97.9 cm³/mol. The summed E-state index contributed by atoms with van der Waals surface area (Å²) in [6.07, 6.45) is 0. The number of methoxy groups -OCH3 is 1. The van der Waals surface area contributed by atoms with Gasteiger partial charge in [-0.1, -0.05) is 35.3 Å². The molecule has 2 aromatic rings. The van der Waals surface area contributed by atoms with Crippen LogP contribution in [0, 0.1) is 0 Å². The molecule has 2 rings (SSSR count). The van der Waals surface area contributed by atoms with E-state index in [9.17, 15) is 13.2 Å². The number of nitrogens with zero attached hydrogens (tertiary/aromatic N) is 1. The van der Waals surface area contributed by atoms with Gasteiger partial charge in [0.05, 0.1) is 23.7 Å². The number of sulfonamides is 1. The summed E-state index contributed by atoms with van der Waals surface area (Å²) in [4.78, 5) is 12.1. The third-order valence-corrected chi connectivity index (χ3v) is 5.91. The minimum atomic E-state index is -3.88. The molecule has 0 saturated carbocycles. The molecule has 25 heavy (non-hydrogen) atoms. The number of benzene rings is 2. The van der Waals surface area contributed by atoms with Gasteiger partial charge in [0.25, 0.3) is 0 Å². The van der Waals surface area contributed by atoms with E-state index in [1.54, 1.807) is 18.2 Å². The summed E-state index contributed by atoms with van der Waals surface area (Å²) >= 11 is 11.7. The second-order valence-corrected chi connectivity index (χ2v) is 7.92. The molecule has 0 atom stereocenters. The first-order chi connectivity index (χ1) is 11.8. The molecule has 9 heteroatoms. The molecule has 0 aliphatic heterocycles. The number of hydrogen-bond donors (Lipinski definition) is 1. The van der Waals surface area contributed by atoms with E-state index in [4.69, 9.17) is 27.9 Å². The summed E-state index contributed by atoms with van der Waals surface area (Å²) in [6.45, 7) is -0.374. The standard InChI is InChI=1S/C16H16Cl2N2O4S/c1-20(25(22,23)15-6-4-3-5-14(15)24-2)10-16(21)19-11-7-8-12(17)13(18)9-11/h3-9H,10H2,1-2H3,(H,19,21). The molecule has 0 fully saturated rings. The van der Waals surface area contributed by atoms with Crippen LogP contribution in [0.2, 0.25) is 10.0 Å². The minimum absolute atomic E-state index is 0.0117. The second-order valence-electron chi connectivity index (χ2n) is 5.09. The number of carbonyl (C=O) groups is 1. The summed E-state index contributed by atoms with van der Waals surface area (Å²) < 4.78 is 31.3. The molecule has 0 aromatic heterocycles. The van der Waals surface area contributed by atoms with E-state index in [0.29, 0.717) is 10.7 Å². The Bertz CT molecular complexity index is 887. The van der Waals surface area contributed by atoms with Crippen molar-refractivity contribution in [2.24, 2.45) is 0 Å². The highest BCUT2D eigenvalue weighted by molar-refractivity contribution is 7.89. The molecular weight excluding hydrogens is 387 g/mol. The number of ether oxygens (including phenoxy) is 1. The molecular formula is C16H16Cl2N2O4S. The molecule has 1 N–H and O–H groups in total. The van der Waals surface area contributed by atoms with Gasteiger partial charge in [-0.25, -0.2) is 8.42 Å². The van der Waals surface area contributed by atoms with Crippen molar-refractivity contribution in [3.05, 3.63) is 52.5 Å². The van der Waals surface area contributed by atoms with Crippen LogP contribution in [-0.4, -0.2) is 39.3 Å². The lowest BCUT2D eigenvalue weighted by Crippen LogP contribution is -2.35. The smallest absolute Gasteiger partial charge is 0.246 e. The monoisotopic (exact) mass is 402 g/mol. The first-order valence-electron chi connectivity index (χ1n) is 7.10. The maximum absolute atomic E-state index is 12.6. The van der Waals surface area contributed by atoms with Crippen molar-refractivity contribution in [2.45, 2.75) is 4.90 Å². The van der Waals surface area contributed by atoms with Crippen molar-refractivity contribution in [3.8, 4) is 5.75 Å². The van der Waals surface area contributed by atoms with E-state index < -0.39 is 15.9 Å². The van der Waals surface area contributed by atoms with Crippen molar-refractivity contribution in [2.75, 3.05) is 26.0 Å². The highest BCUT2D eigenvalue weighted by atomic mass is 35.5. The Labute approximate surface area is 156 Å². The maximum Gasteiger partial charge on any atom is 0.246 e. The van der Waals surface area contributed by atoms with Gasteiger partial charge in [-0.05, 0) is 30.3 Å². The molecule has 1 amide bonds. The van der Waals surface area contributed by atoms with Gasteiger partial charge in [-0.2, -0.15) is 4.31 Å². The number of rotatable bonds is 6. The van der Waals surface area contributed by atoms with E-state index >= 15 is 0 Å². The number of anilines is 1. The SMILES string of the molecule is COc1ccccc1S(=O)(=O)N(C)CC(=O)Nc1ccc(Cl)c(Cl)c1. The normalized spacial score (nSPS) is 11.4. The van der Waals surface area contributed by atoms with Gasteiger partial charge in [0.1, 0.15) is 10.6 Å². The number of para-hydroxylation sites is 1. The lowest BCUT2D eigenvalue weighted by Gasteiger charge is -2.18. The highest BCUT2D eigenvalue weighted by Gasteiger charge is 2.26. The van der Waals surface area contributed by atoms with Gasteiger partial charge in [-0.15, -0.1) is 0 Å². The predicted octanol–water partition coefficient (Wildman–Crippen LogP) is 3.26. The average molecular weight is 403 g/mol. The third-order valence-electron chi connectivity index (χ3n) is 3.33. The molecule has 0 bridgehead atoms. The highest BCUT2D eigenvalue weighted by Crippen LogP contribution is 2.26. The van der Waals surface area contributed by atoms with Crippen LogP contribution in [0.3, 0.4) is 0 Å². The first kappa shape index (κ1) is 19.5. The van der Waals surface area contributed by atoms with E-state index in [2.05, 4.69) is 5.32 Å². The van der Waals surface area contributed by atoms with Gasteiger partial charge in [-0.3, -0.25) is 4.79 Å². The number of carbonyl (C=O) groups excluding carboxylic acids is 1. The summed E-state index contributed by atoms with van der Waals surface area (Å²) in [7, 11) is -1.19. The number of hydrogen-bond acceptors (Lipinski definition) is 4. The van der Waals surface area contributed by atoms with Gasteiger partial charge in [0.15, 0.2) is 0 Å². The van der Waals surface area contributed by atoms with Gasteiger partial charge < -0.3 is 10.1 Å². The molecule has 0 unspecified atom stereocenters. The fourth-order valence-corrected chi connectivity index (χ4v) is 3.64. The molecule has 0 aliphatic carbocycles. The Balaban J connectivity index is 2.13. The van der Waals surface area contributed by atoms with Crippen LogP contribution in [0.4, 0.5) is 5.69 Å². The van der Waals surface area contributed by atoms with E-state index in [0.717, 1.165) is 4.31 Å². The number of nitrogens with one attached hydrogen (secondary N) is 1. The Kier molecular flexibility index (Phi) is 6.29. The summed E-state index contributed by atoms with van der Waals surface area (Å²) in [5.41, 5.74) is 0.419. The molecule has 0 radical (unpaired) electrons. The van der Waals surface area contributed by atoms with Crippen LogP contribution in [0.1, 0.15) is 0 Å². The average Bonchev–Trinajstić information content (AvgIpc) is 2.58. The van der Waals surface area contributed by atoms with E-state index in [-0.39, 0.29) is 22.2 Å². The molecule has 0 saturated heterocycles. The Morgan fingerprint density at radius 2 is 1.84 bits per heavy atom. The molecule has 0 aliphatic rings. The topological polar surface area (TPSA) is 75.7 Å². The Morgan fingerprint density at radius 1 is 1.16 bits per heavy atom. The largest absolute Gasteiger partial charge is 0.495 e. The zero-order valence-corrected chi connectivity index (χ0v) is 15.8. The van der Waals surface area contributed by atoms with Crippen LogP contribution in [0.15, 0.2) is 47.4 Å². The molecule has 0 heterocycles. The fraction of sp³-hybridized carbons (Fsp3) is 0.188. The zero-order chi connectivity index (χ0) is 18.6. The Morgan fingerprint density at radius 3 is 2.48 bits per heavy atom. The minimum Gasteiger partial charge on any atom is -0.495 e. The van der Waals surface area contributed by atoms with Crippen molar-refractivity contribution in [1.82, 2.24) is 4.31 Å². The van der Waals surface area contributed by atoms with Crippen molar-refractivity contribution in [3.63, 3.8) is 0 Å². The van der Waals surface area contributed by atoms with Gasteiger partial charge >= 0.3 is 0 Å². The lowest BCUT2D eigenvalue weighted by molar-refractivity contribution is -0.116. The van der Waals surface area contributed by atoms with Crippen LogP contribution in [0.5, 0.6) is 5.75 Å². The molecule has 2 aromatic carbocycles. The quantitative estimate of drug-likeness (QED) is 0.804. The van der Waals surface area contributed by atoms with Crippen molar-refractivity contribution >= 4 is 44.8 Å². The van der Waals surface area contributed by atoms with Crippen LogP contribution in [-0.2, 0) is 14.8 Å². The number of amides is 1. The van der Waals surface area contributed by atoms with Gasteiger partial charge in [0, 0.05) is 12.7 Å². The number of likely N-dealkylation sites (N-methyl/N-ethyl adjacent to an activating group) is 1. The summed E-state index contributed by atoms with van der Waals surface area (Å²) in [5.74, 6) is -0.307. The molecule has 0 spiro atoms. The third kappa shape index (κ3) is 4.64. The van der Waals surface area contributed by atoms with E-state index in [1.165, 1.54) is 38.4 Å². The van der Waals surface area contributed by atoms with Crippen molar-refractivity contribution < 1.29 is 17.9 Å². The molecule has 134 valence electrons. The van der Waals surface area contributed by atoms with Crippen LogP contribution in [0.25, 0.3) is 0 Å². The van der Waals surface area contributed by atoms with Gasteiger partial charge in [0.2, 0.25) is 15.9 Å². The second kappa shape index (κ2) is 8.05. The van der Waals surface area contributed by atoms with E-state index in [1.807, 2.05) is 0 Å². The lowest BCUT2D eigenvalue weighted by atomic mass is 10.3. The fourth-order valence-electron chi connectivity index (χ4n) is 2.06. The molecule has 6 nitrogen and oxygen atoms in total. The zero-order valence-electron chi connectivity index (χ0n) is 13.5. The summed E-state index contributed by atoms with van der Waals surface area (Å²) in [6, 6.07) is 10.8. The summed E-state index contributed by atoms with van der Waals surface area (Å²) in [5, 5.41) is 3.22. The maximum atomic E-state index is 12.6.